The van der Waals surface area contributed by atoms with Gasteiger partial charge in [-0.1, -0.05) is 25.6 Å². The van der Waals surface area contributed by atoms with Gasteiger partial charge in [0.25, 0.3) is 0 Å². The van der Waals surface area contributed by atoms with Crippen LogP contribution < -0.4 is 10.5 Å². The Hall–Kier alpha value is -1.13. The third kappa shape index (κ3) is 4.97. The maximum absolute atomic E-state index is 5.79. The molecule has 4 heteroatoms. The van der Waals surface area contributed by atoms with Crippen molar-refractivity contribution < 1.29 is 4.74 Å². The smallest absolute Gasteiger partial charge is 0.119 e. The standard InChI is InChI=1S/C17H26N2OS/c1-2-15-6-3-4-11-19(15)12-5-13-20-16-9-7-14(8-10-16)17(18)21/h7-10,15H,2-6,11-13H2,1H3,(H2,18,21). The first-order chi connectivity index (χ1) is 10.2. The van der Waals surface area contributed by atoms with E-state index in [-0.39, 0.29) is 0 Å². The minimum absolute atomic E-state index is 0.428. The van der Waals surface area contributed by atoms with Crippen LogP contribution in [-0.2, 0) is 0 Å². The molecule has 1 unspecified atom stereocenters. The van der Waals surface area contributed by atoms with Crippen LogP contribution in [0.15, 0.2) is 24.3 Å². The summed E-state index contributed by atoms with van der Waals surface area (Å²) in [4.78, 5) is 3.06. The molecular formula is C17H26N2OS. The number of benzene rings is 1. The van der Waals surface area contributed by atoms with E-state index in [0.29, 0.717) is 4.99 Å². The van der Waals surface area contributed by atoms with Gasteiger partial charge in [0.15, 0.2) is 0 Å². The highest BCUT2D eigenvalue weighted by atomic mass is 32.1. The molecule has 1 atom stereocenters. The van der Waals surface area contributed by atoms with Gasteiger partial charge in [0, 0.05) is 18.2 Å². The Labute approximate surface area is 133 Å². The topological polar surface area (TPSA) is 38.5 Å². The Balaban J connectivity index is 1.70. The number of nitrogens with two attached hydrogens (primary N) is 1. The van der Waals surface area contributed by atoms with Crippen LogP contribution in [0.4, 0.5) is 0 Å². The molecule has 1 heterocycles. The lowest BCUT2D eigenvalue weighted by molar-refractivity contribution is 0.134. The second-order valence-electron chi connectivity index (χ2n) is 5.68. The molecule has 1 fully saturated rings. The zero-order valence-corrected chi connectivity index (χ0v) is 13.7. The zero-order chi connectivity index (χ0) is 15.1. The average molecular weight is 306 g/mol. The summed E-state index contributed by atoms with van der Waals surface area (Å²) in [7, 11) is 0. The van der Waals surface area contributed by atoms with E-state index in [2.05, 4.69) is 11.8 Å². The van der Waals surface area contributed by atoms with E-state index in [0.717, 1.165) is 36.9 Å². The first-order valence-corrected chi connectivity index (χ1v) is 8.38. The number of ether oxygens (including phenoxy) is 1. The molecule has 0 aromatic heterocycles. The molecule has 21 heavy (non-hydrogen) atoms. The maximum Gasteiger partial charge on any atom is 0.119 e. The van der Waals surface area contributed by atoms with Crippen molar-refractivity contribution in [3.8, 4) is 5.75 Å². The van der Waals surface area contributed by atoms with Crippen molar-refractivity contribution in [1.29, 1.82) is 0 Å². The molecule has 3 nitrogen and oxygen atoms in total. The van der Waals surface area contributed by atoms with Gasteiger partial charge < -0.3 is 15.4 Å². The average Bonchev–Trinajstić information content (AvgIpc) is 2.52. The molecule has 0 aliphatic carbocycles. The molecule has 2 N–H and O–H groups in total. The molecule has 1 aromatic carbocycles. The number of likely N-dealkylation sites (tertiary alicyclic amines) is 1. The van der Waals surface area contributed by atoms with Gasteiger partial charge in [0.2, 0.25) is 0 Å². The molecule has 1 aliphatic heterocycles. The van der Waals surface area contributed by atoms with Crippen LogP contribution in [0.5, 0.6) is 5.75 Å². The summed E-state index contributed by atoms with van der Waals surface area (Å²) in [5, 5.41) is 0. The van der Waals surface area contributed by atoms with Crippen molar-refractivity contribution in [2.75, 3.05) is 19.7 Å². The molecule has 2 rings (SSSR count). The number of rotatable bonds is 7. The molecule has 0 radical (unpaired) electrons. The predicted molar refractivity (Wildman–Crippen MR) is 91.9 cm³/mol. The highest BCUT2D eigenvalue weighted by molar-refractivity contribution is 7.80. The molecule has 1 aliphatic rings. The van der Waals surface area contributed by atoms with E-state index < -0.39 is 0 Å². The number of hydrogen-bond donors (Lipinski definition) is 1. The van der Waals surface area contributed by atoms with Gasteiger partial charge >= 0.3 is 0 Å². The Bertz CT molecular complexity index is 447. The first-order valence-electron chi connectivity index (χ1n) is 7.97. The van der Waals surface area contributed by atoms with Crippen LogP contribution in [0.25, 0.3) is 0 Å². The quantitative estimate of drug-likeness (QED) is 0.619. The second kappa shape index (κ2) is 8.35. The minimum Gasteiger partial charge on any atom is -0.494 e. The molecular weight excluding hydrogens is 280 g/mol. The van der Waals surface area contributed by atoms with Crippen LogP contribution in [0.3, 0.4) is 0 Å². The maximum atomic E-state index is 5.79. The Morgan fingerprint density at radius 2 is 2.10 bits per heavy atom. The third-order valence-corrected chi connectivity index (χ3v) is 4.45. The van der Waals surface area contributed by atoms with Crippen LogP contribution in [-0.4, -0.2) is 35.6 Å². The summed E-state index contributed by atoms with van der Waals surface area (Å²) >= 11 is 4.94. The van der Waals surface area contributed by atoms with Crippen LogP contribution >= 0.6 is 12.2 Å². The second-order valence-corrected chi connectivity index (χ2v) is 6.12. The summed E-state index contributed by atoms with van der Waals surface area (Å²) in [6.07, 6.45) is 6.44. The van der Waals surface area contributed by atoms with E-state index in [1.807, 2.05) is 24.3 Å². The van der Waals surface area contributed by atoms with Gasteiger partial charge in [-0.15, -0.1) is 0 Å². The van der Waals surface area contributed by atoms with E-state index >= 15 is 0 Å². The Morgan fingerprint density at radius 3 is 2.76 bits per heavy atom. The highest BCUT2D eigenvalue weighted by Gasteiger charge is 2.19. The van der Waals surface area contributed by atoms with Gasteiger partial charge in [-0.05, 0) is 56.5 Å². The molecule has 0 saturated carbocycles. The fraction of sp³-hybridized carbons (Fsp3) is 0.588. The van der Waals surface area contributed by atoms with Crippen molar-refractivity contribution in [3.63, 3.8) is 0 Å². The summed E-state index contributed by atoms with van der Waals surface area (Å²) < 4.78 is 5.79. The third-order valence-electron chi connectivity index (χ3n) is 4.22. The van der Waals surface area contributed by atoms with Crippen molar-refractivity contribution >= 4 is 17.2 Å². The van der Waals surface area contributed by atoms with Crippen LogP contribution in [0, 0.1) is 0 Å². The number of hydrogen-bond acceptors (Lipinski definition) is 3. The van der Waals surface area contributed by atoms with Crippen molar-refractivity contribution in [2.45, 2.75) is 45.1 Å². The molecule has 1 aromatic rings. The van der Waals surface area contributed by atoms with E-state index in [9.17, 15) is 0 Å². The SMILES string of the molecule is CCC1CCCCN1CCCOc1ccc(C(N)=S)cc1. The van der Waals surface area contributed by atoms with Crippen molar-refractivity contribution in [1.82, 2.24) is 4.90 Å². The Kier molecular flexibility index (Phi) is 6.46. The fourth-order valence-corrected chi connectivity index (χ4v) is 3.13. The predicted octanol–water partition coefficient (Wildman–Crippen LogP) is 3.35. The lowest BCUT2D eigenvalue weighted by Gasteiger charge is -2.35. The van der Waals surface area contributed by atoms with E-state index in [1.165, 1.54) is 32.2 Å². The number of piperidine rings is 1. The monoisotopic (exact) mass is 306 g/mol. The molecule has 0 spiro atoms. The van der Waals surface area contributed by atoms with Crippen LogP contribution in [0.1, 0.15) is 44.6 Å². The molecule has 1 saturated heterocycles. The van der Waals surface area contributed by atoms with Gasteiger partial charge in [-0.2, -0.15) is 0 Å². The number of thiocarbonyl (C=S) groups is 1. The lowest BCUT2D eigenvalue weighted by Crippen LogP contribution is -2.40. The van der Waals surface area contributed by atoms with E-state index in [1.54, 1.807) is 0 Å². The van der Waals surface area contributed by atoms with Gasteiger partial charge in [-0.3, -0.25) is 0 Å². The fourth-order valence-electron chi connectivity index (χ4n) is 2.99. The van der Waals surface area contributed by atoms with Crippen molar-refractivity contribution in [2.24, 2.45) is 5.73 Å². The summed E-state index contributed by atoms with van der Waals surface area (Å²) in [5.41, 5.74) is 6.46. The molecule has 0 amide bonds. The minimum atomic E-state index is 0.428. The van der Waals surface area contributed by atoms with E-state index in [4.69, 9.17) is 22.7 Å². The van der Waals surface area contributed by atoms with Gasteiger partial charge in [-0.25, -0.2) is 0 Å². The summed E-state index contributed by atoms with van der Waals surface area (Å²) in [6.45, 7) is 5.45. The normalized spacial score (nSPS) is 19.4. The van der Waals surface area contributed by atoms with Crippen LogP contribution in [0.2, 0.25) is 0 Å². The number of nitrogens with zero attached hydrogens (tertiary/aromatic N) is 1. The lowest BCUT2D eigenvalue weighted by atomic mass is 10.00. The van der Waals surface area contributed by atoms with Gasteiger partial charge in [0.1, 0.15) is 10.7 Å². The molecule has 116 valence electrons. The first kappa shape index (κ1) is 16.2. The summed E-state index contributed by atoms with van der Waals surface area (Å²) in [5.74, 6) is 0.890. The zero-order valence-electron chi connectivity index (χ0n) is 12.9. The molecule has 0 bridgehead atoms. The van der Waals surface area contributed by atoms with Gasteiger partial charge in [0.05, 0.1) is 6.61 Å². The van der Waals surface area contributed by atoms with Crippen molar-refractivity contribution in [3.05, 3.63) is 29.8 Å². The summed E-state index contributed by atoms with van der Waals surface area (Å²) in [6, 6.07) is 8.47. The largest absolute Gasteiger partial charge is 0.494 e. The highest BCUT2D eigenvalue weighted by Crippen LogP contribution is 2.19. The Morgan fingerprint density at radius 1 is 1.33 bits per heavy atom.